The average molecular weight is 376 g/mol. The number of aryl methyl sites for hydroxylation is 1. The minimum Gasteiger partial charge on any atom is -0.282 e. The van der Waals surface area contributed by atoms with Crippen LogP contribution in [0.3, 0.4) is 0 Å². The highest BCUT2D eigenvalue weighted by molar-refractivity contribution is 7.86. The van der Waals surface area contributed by atoms with E-state index in [0.717, 1.165) is 11.1 Å². The molecule has 0 radical (unpaired) electrons. The molecule has 4 rings (SSSR count). The molecule has 0 unspecified atom stereocenters. The molecule has 3 aromatic carbocycles. The van der Waals surface area contributed by atoms with Gasteiger partial charge in [0.15, 0.2) is 0 Å². The molecule has 0 aliphatic carbocycles. The van der Waals surface area contributed by atoms with Crippen molar-refractivity contribution in [2.45, 2.75) is 11.8 Å². The summed E-state index contributed by atoms with van der Waals surface area (Å²) in [6.07, 6.45) is 0. The van der Waals surface area contributed by atoms with Gasteiger partial charge in [-0.1, -0.05) is 66.7 Å². The van der Waals surface area contributed by atoms with Crippen LogP contribution in [0, 0.1) is 6.92 Å². The van der Waals surface area contributed by atoms with E-state index in [9.17, 15) is 13.0 Å². The third-order valence-corrected chi connectivity index (χ3v) is 5.37. The van der Waals surface area contributed by atoms with E-state index in [0.29, 0.717) is 22.5 Å². The van der Waals surface area contributed by atoms with Crippen molar-refractivity contribution in [1.29, 1.82) is 0 Å². The summed E-state index contributed by atoms with van der Waals surface area (Å²) in [4.78, 5) is 9.14. The summed E-state index contributed by atoms with van der Waals surface area (Å²) in [7, 11) is -4.44. The van der Waals surface area contributed by atoms with E-state index in [1.807, 2.05) is 60.7 Å². The smallest absolute Gasteiger partial charge is 0.282 e. The van der Waals surface area contributed by atoms with Crippen LogP contribution in [0.25, 0.3) is 33.5 Å². The van der Waals surface area contributed by atoms with E-state index in [1.165, 1.54) is 0 Å². The van der Waals surface area contributed by atoms with E-state index in [2.05, 4.69) is 4.98 Å². The number of hydrogen-bond donors (Lipinski definition) is 1. The van der Waals surface area contributed by atoms with Gasteiger partial charge in [0.25, 0.3) is 10.1 Å². The maximum absolute atomic E-state index is 12.0. The van der Waals surface area contributed by atoms with Gasteiger partial charge in [0.1, 0.15) is 10.4 Å². The lowest BCUT2D eigenvalue weighted by atomic mass is 10.0. The van der Waals surface area contributed by atoms with Crippen molar-refractivity contribution in [2.75, 3.05) is 0 Å². The number of hydrogen-bond acceptors (Lipinski definition) is 4. The molecular formula is C21H16N2O3S. The van der Waals surface area contributed by atoms with Crippen LogP contribution < -0.4 is 0 Å². The van der Waals surface area contributed by atoms with E-state index in [-0.39, 0.29) is 10.4 Å². The highest BCUT2D eigenvalue weighted by Crippen LogP contribution is 2.33. The van der Waals surface area contributed by atoms with Crippen molar-refractivity contribution < 1.29 is 13.0 Å². The summed E-state index contributed by atoms with van der Waals surface area (Å²) in [6, 6.07) is 22.4. The largest absolute Gasteiger partial charge is 0.297 e. The minimum absolute atomic E-state index is 0.163. The normalized spacial score (nSPS) is 11.6. The Morgan fingerprint density at radius 3 is 1.78 bits per heavy atom. The van der Waals surface area contributed by atoms with Gasteiger partial charge < -0.3 is 0 Å². The van der Waals surface area contributed by atoms with Gasteiger partial charge in [-0.25, -0.2) is 9.97 Å². The topological polar surface area (TPSA) is 80.2 Å². The zero-order valence-electron chi connectivity index (χ0n) is 14.5. The molecule has 0 aliphatic heterocycles. The van der Waals surface area contributed by atoms with E-state index in [1.54, 1.807) is 19.1 Å². The number of aromatic nitrogens is 2. The third-order valence-electron chi connectivity index (χ3n) is 4.34. The summed E-state index contributed by atoms with van der Waals surface area (Å²) in [5.41, 5.74) is 3.89. The average Bonchev–Trinajstić information content (AvgIpc) is 2.67. The van der Waals surface area contributed by atoms with Crippen molar-refractivity contribution in [3.05, 3.63) is 78.4 Å². The Morgan fingerprint density at radius 1 is 0.741 bits per heavy atom. The van der Waals surface area contributed by atoms with Crippen molar-refractivity contribution in [3.63, 3.8) is 0 Å². The van der Waals surface area contributed by atoms with Crippen LogP contribution in [-0.2, 0) is 10.1 Å². The van der Waals surface area contributed by atoms with Crippen LogP contribution in [0.5, 0.6) is 0 Å². The maximum atomic E-state index is 12.0. The predicted molar refractivity (Wildman–Crippen MR) is 105 cm³/mol. The van der Waals surface area contributed by atoms with Crippen molar-refractivity contribution >= 4 is 21.2 Å². The molecule has 1 heterocycles. The molecule has 4 aromatic rings. The summed E-state index contributed by atoms with van der Waals surface area (Å²) in [5, 5.41) is 0. The van der Waals surface area contributed by atoms with E-state index >= 15 is 0 Å². The van der Waals surface area contributed by atoms with E-state index < -0.39 is 10.1 Å². The maximum Gasteiger partial charge on any atom is 0.297 e. The summed E-state index contributed by atoms with van der Waals surface area (Å²) < 4.78 is 33.6. The third kappa shape index (κ3) is 3.20. The molecule has 1 N–H and O–H groups in total. The van der Waals surface area contributed by atoms with Gasteiger partial charge in [-0.2, -0.15) is 8.42 Å². The fourth-order valence-electron chi connectivity index (χ4n) is 3.12. The van der Waals surface area contributed by atoms with Crippen LogP contribution >= 0.6 is 0 Å². The van der Waals surface area contributed by atoms with Crippen molar-refractivity contribution in [1.82, 2.24) is 9.97 Å². The van der Waals surface area contributed by atoms with Crippen molar-refractivity contribution in [2.24, 2.45) is 0 Å². The molecule has 0 aliphatic rings. The molecule has 6 heteroatoms. The van der Waals surface area contributed by atoms with Crippen LogP contribution in [0.2, 0.25) is 0 Å². The second-order valence-corrected chi connectivity index (χ2v) is 7.57. The van der Waals surface area contributed by atoms with Crippen LogP contribution in [0.4, 0.5) is 0 Å². The zero-order valence-corrected chi connectivity index (χ0v) is 15.3. The number of nitrogens with zero attached hydrogens (tertiary/aromatic N) is 2. The Hall–Kier alpha value is -3.09. The first-order chi connectivity index (χ1) is 12.9. The molecule has 0 saturated carbocycles. The predicted octanol–water partition coefficient (Wildman–Crippen LogP) is 4.52. The van der Waals surface area contributed by atoms with Crippen LogP contribution in [0.1, 0.15) is 5.56 Å². The van der Waals surface area contributed by atoms with E-state index in [4.69, 9.17) is 4.98 Å². The van der Waals surface area contributed by atoms with Gasteiger partial charge in [0.2, 0.25) is 0 Å². The van der Waals surface area contributed by atoms with Gasteiger partial charge in [0.05, 0.1) is 16.9 Å². The number of benzene rings is 3. The highest BCUT2D eigenvalue weighted by Gasteiger charge is 2.22. The molecule has 0 saturated heterocycles. The highest BCUT2D eigenvalue weighted by atomic mass is 32.2. The summed E-state index contributed by atoms with van der Waals surface area (Å²) in [5.74, 6) is 0. The molecule has 0 fully saturated rings. The molecule has 0 bridgehead atoms. The SMILES string of the molecule is Cc1ccc2nc(-c3ccccc3)c(-c3ccccc3)nc2c1S(=O)(=O)O. The van der Waals surface area contributed by atoms with Gasteiger partial charge in [0, 0.05) is 11.1 Å². The van der Waals surface area contributed by atoms with Gasteiger partial charge in [-0.05, 0) is 18.6 Å². The van der Waals surface area contributed by atoms with Gasteiger partial charge >= 0.3 is 0 Å². The van der Waals surface area contributed by atoms with Crippen LogP contribution in [-0.4, -0.2) is 22.9 Å². The fraction of sp³-hybridized carbons (Fsp3) is 0.0476. The van der Waals surface area contributed by atoms with Crippen molar-refractivity contribution in [3.8, 4) is 22.5 Å². The standard InChI is InChI=1S/C21H16N2O3S/c1-14-12-13-17-20(21(14)27(24,25)26)23-19(16-10-6-3-7-11-16)18(22-17)15-8-4-2-5-9-15/h2-13H,1H3,(H,24,25,26). The first-order valence-corrected chi connectivity index (χ1v) is 9.79. The lowest BCUT2D eigenvalue weighted by molar-refractivity contribution is 0.483. The monoisotopic (exact) mass is 376 g/mol. The second kappa shape index (κ2) is 6.57. The fourth-order valence-corrected chi connectivity index (χ4v) is 3.99. The molecule has 0 spiro atoms. The molecule has 0 atom stereocenters. The zero-order chi connectivity index (χ0) is 19.0. The quantitative estimate of drug-likeness (QED) is 0.532. The lowest BCUT2D eigenvalue weighted by Crippen LogP contribution is -2.05. The Morgan fingerprint density at radius 2 is 1.26 bits per heavy atom. The summed E-state index contributed by atoms with van der Waals surface area (Å²) in [6.45, 7) is 1.62. The lowest BCUT2D eigenvalue weighted by Gasteiger charge is -2.13. The molecule has 5 nitrogen and oxygen atoms in total. The van der Waals surface area contributed by atoms with Gasteiger partial charge in [-0.3, -0.25) is 4.55 Å². The van der Waals surface area contributed by atoms with Gasteiger partial charge in [-0.15, -0.1) is 0 Å². The minimum atomic E-state index is -4.44. The molecule has 1 aromatic heterocycles. The Kier molecular flexibility index (Phi) is 4.22. The number of rotatable bonds is 3. The Labute approximate surface area is 157 Å². The first kappa shape index (κ1) is 17.3. The first-order valence-electron chi connectivity index (χ1n) is 8.35. The molecule has 134 valence electrons. The molecular weight excluding hydrogens is 360 g/mol. The number of fused-ring (bicyclic) bond motifs is 1. The molecule has 0 amide bonds. The summed E-state index contributed by atoms with van der Waals surface area (Å²) >= 11 is 0. The Balaban J connectivity index is 2.14. The second-order valence-electron chi connectivity index (χ2n) is 6.21. The van der Waals surface area contributed by atoms with Crippen LogP contribution in [0.15, 0.2) is 77.7 Å². The molecule has 27 heavy (non-hydrogen) atoms. The Bertz CT molecular complexity index is 1240.